The van der Waals surface area contributed by atoms with E-state index in [4.69, 9.17) is 0 Å². The van der Waals surface area contributed by atoms with Crippen molar-refractivity contribution >= 4 is 0 Å². The first-order chi connectivity index (χ1) is 13.9. The van der Waals surface area contributed by atoms with Gasteiger partial charge in [-0.2, -0.15) is 0 Å². The Hall–Kier alpha value is -2.74. The van der Waals surface area contributed by atoms with Crippen molar-refractivity contribution in [2.75, 3.05) is 0 Å². The summed E-state index contributed by atoms with van der Waals surface area (Å²) in [4.78, 5) is 0. The molecular formula is C28H34O2. The summed E-state index contributed by atoms with van der Waals surface area (Å²) < 4.78 is 0. The van der Waals surface area contributed by atoms with Crippen molar-refractivity contribution in [3.8, 4) is 11.5 Å². The second-order valence-corrected chi connectivity index (χ2v) is 10.4. The number of hydrogen-bond acceptors (Lipinski definition) is 2. The SMILES string of the molecule is CC(C)(C)c1ccc(Cc2cc(Cc3ccc(C(C)(C)C)cc3)c(O)cc2O)cc1. The zero-order valence-electron chi connectivity index (χ0n) is 19.1. The molecule has 0 unspecified atom stereocenters. The molecule has 2 N–H and O–H groups in total. The van der Waals surface area contributed by atoms with Gasteiger partial charge in [-0.25, -0.2) is 0 Å². The van der Waals surface area contributed by atoms with Crippen molar-refractivity contribution in [3.05, 3.63) is 94.0 Å². The standard InChI is InChI=1S/C28H34O2/c1-27(2,3)23-11-7-19(8-12-23)15-21-17-22(26(30)18-25(21)29)16-20-9-13-24(14-10-20)28(4,5)6/h7-14,17-18,29-30H,15-16H2,1-6H3. The molecule has 2 nitrogen and oxygen atoms in total. The maximum atomic E-state index is 10.4. The molecule has 0 atom stereocenters. The second-order valence-electron chi connectivity index (χ2n) is 10.4. The molecule has 0 heterocycles. The van der Waals surface area contributed by atoms with Crippen LogP contribution in [0.3, 0.4) is 0 Å². The average Bonchev–Trinajstić information content (AvgIpc) is 2.65. The summed E-state index contributed by atoms with van der Waals surface area (Å²) in [5, 5.41) is 20.8. The number of phenols is 2. The van der Waals surface area contributed by atoms with E-state index in [1.807, 2.05) is 6.07 Å². The van der Waals surface area contributed by atoms with E-state index in [1.165, 1.54) is 17.2 Å². The lowest BCUT2D eigenvalue weighted by Crippen LogP contribution is -2.10. The Labute approximate surface area is 181 Å². The molecule has 30 heavy (non-hydrogen) atoms. The van der Waals surface area contributed by atoms with Crippen molar-refractivity contribution in [1.82, 2.24) is 0 Å². The van der Waals surface area contributed by atoms with E-state index in [9.17, 15) is 10.2 Å². The molecular weight excluding hydrogens is 368 g/mol. The first-order valence-corrected chi connectivity index (χ1v) is 10.7. The third-order valence-electron chi connectivity index (χ3n) is 5.71. The highest BCUT2D eigenvalue weighted by atomic mass is 16.3. The Bertz CT molecular complexity index is 918. The predicted octanol–water partition coefficient (Wildman–Crippen LogP) is 6.87. The summed E-state index contributed by atoms with van der Waals surface area (Å²) >= 11 is 0. The zero-order valence-corrected chi connectivity index (χ0v) is 19.1. The summed E-state index contributed by atoms with van der Waals surface area (Å²) in [7, 11) is 0. The van der Waals surface area contributed by atoms with Crippen LogP contribution in [0.2, 0.25) is 0 Å². The van der Waals surface area contributed by atoms with E-state index in [1.54, 1.807) is 0 Å². The number of phenolic OH excluding ortho intramolecular Hbond substituents is 2. The van der Waals surface area contributed by atoms with Crippen LogP contribution in [0, 0.1) is 0 Å². The molecule has 3 aromatic rings. The molecule has 0 saturated heterocycles. The van der Waals surface area contributed by atoms with Crippen LogP contribution in [0.4, 0.5) is 0 Å². The van der Waals surface area contributed by atoms with Crippen LogP contribution >= 0.6 is 0 Å². The molecule has 0 spiro atoms. The molecule has 0 saturated carbocycles. The van der Waals surface area contributed by atoms with Crippen LogP contribution < -0.4 is 0 Å². The normalized spacial score (nSPS) is 12.2. The van der Waals surface area contributed by atoms with Gasteiger partial charge < -0.3 is 10.2 Å². The fourth-order valence-electron chi connectivity index (χ4n) is 3.64. The van der Waals surface area contributed by atoms with Gasteiger partial charge in [0.05, 0.1) is 0 Å². The van der Waals surface area contributed by atoms with Crippen LogP contribution in [-0.2, 0) is 23.7 Å². The number of rotatable bonds is 4. The van der Waals surface area contributed by atoms with Gasteiger partial charge in [-0.1, -0.05) is 90.1 Å². The Morgan fingerprint density at radius 1 is 0.533 bits per heavy atom. The van der Waals surface area contributed by atoms with Crippen LogP contribution in [0.5, 0.6) is 11.5 Å². The molecule has 0 bridgehead atoms. The summed E-state index contributed by atoms with van der Waals surface area (Å²) in [6.45, 7) is 13.2. The lowest BCUT2D eigenvalue weighted by molar-refractivity contribution is 0.443. The minimum atomic E-state index is 0.120. The minimum absolute atomic E-state index is 0.120. The summed E-state index contributed by atoms with van der Waals surface area (Å²) in [6, 6.07) is 20.5. The molecule has 0 aromatic heterocycles. The molecule has 0 amide bonds. The fraction of sp³-hybridized carbons (Fsp3) is 0.357. The molecule has 3 aromatic carbocycles. The smallest absolute Gasteiger partial charge is 0.122 e. The largest absolute Gasteiger partial charge is 0.508 e. The van der Waals surface area contributed by atoms with Gasteiger partial charge in [0.25, 0.3) is 0 Å². The van der Waals surface area contributed by atoms with Gasteiger partial charge in [-0.15, -0.1) is 0 Å². The van der Waals surface area contributed by atoms with E-state index < -0.39 is 0 Å². The fourth-order valence-corrected chi connectivity index (χ4v) is 3.64. The van der Waals surface area contributed by atoms with Crippen molar-refractivity contribution < 1.29 is 10.2 Å². The molecule has 0 aliphatic rings. The van der Waals surface area contributed by atoms with Crippen molar-refractivity contribution in [3.63, 3.8) is 0 Å². The third kappa shape index (κ3) is 5.24. The summed E-state index contributed by atoms with van der Waals surface area (Å²) in [5.41, 5.74) is 6.77. The lowest BCUT2D eigenvalue weighted by Gasteiger charge is -2.19. The van der Waals surface area contributed by atoms with Crippen molar-refractivity contribution in [1.29, 1.82) is 0 Å². The second kappa shape index (κ2) is 8.18. The van der Waals surface area contributed by atoms with Gasteiger partial charge >= 0.3 is 0 Å². The average molecular weight is 403 g/mol. The zero-order chi connectivity index (χ0) is 22.1. The van der Waals surface area contributed by atoms with E-state index in [-0.39, 0.29) is 22.3 Å². The maximum absolute atomic E-state index is 10.4. The summed E-state index contributed by atoms with van der Waals surface area (Å²) in [6.07, 6.45) is 1.26. The first kappa shape index (κ1) is 22.0. The third-order valence-corrected chi connectivity index (χ3v) is 5.71. The maximum Gasteiger partial charge on any atom is 0.122 e. The van der Waals surface area contributed by atoms with Gasteiger partial charge in [0.15, 0.2) is 0 Å². The van der Waals surface area contributed by atoms with Crippen LogP contribution in [0.25, 0.3) is 0 Å². The van der Waals surface area contributed by atoms with E-state index in [0.29, 0.717) is 12.8 Å². The molecule has 2 heteroatoms. The molecule has 0 fully saturated rings. The molecule has 0 aliphatic carbocycles. The van der Waals surface area contributed by atoms with Crippen LogP contribution in [0.1, 0.15) is 74.9 Å². The van der Waals surface area contributed by atoms with E-state index in [0.717, 1.165) is 22.3 Å². The molecule has 0 radical (unpaired) electrons. The number of hydrogen-bond donors (Lipinski definition) is 2. The number of benzene rings is 3. The predicted molar refractivity (Wildman–Crippen MR) is 126 cm³/mol. The van der Waals surface area contributed by atoms with Gasteiger partial charge in [0.2, 0.25) is 0 Å². The minimum Gasteiger partial charge on any atom is -0.508 e. The molecule has 0 aliphatic heterocycles. The molecule has 3 rings (SSSR count). The van der Waals surface area contributed by atoms with Gasteiger partial charge in [-0.05, 0) is 50.3 Å². The molecule has 158 valence electrons. The van der Waals surface area contributed by atoms with Crippen molar-refractivity contribution in [2.24, 2.45) is 0 Å². The lowest BCUT2D eigenvalue weighted by atomic mass is 9.86. The Balaban J connectivity index is 1.82. The quantitative estimate of drug-likeness (QED) is 0.500. The number of aromatic hydroxyl groups is 2. The van der Waals surface area contributed by atoms with Gasteiger partial charge in [-0.3, -0.25) is 0 Å². The Morgan fingerprint density at radius 2 is 0.867 bits per heavy atom. The van der Waals surface area contributed by atoms with Crippen LogP contribution in [-0.4, -0.2) is 10.2 Å². The highest BCUT2D eigenvalue weighted by molar-refractivity contribution is 5.49. The van der Waals surface area contributed by atoms with Gasteiger partial charge in [0.1, 0.15) is 11.5 Å². The monoisotopic (exact) mass is 402 g/mol. The van der Waals surface area contributed by atoms with Crippen LogP contribution in [0.15, 0.2) is 60.7 Å². The highest BCUT2D eigenvalue weighted by Crippen LogP contribution is 2.32. The summed E-state index contributed by atoms with van der Waals surface area (Å²) in [5.74, 6) is 0.276. The topological polar surface area (TPSA) is 40.5 Å². The Kier molecular flexibility index (Phi) is 5.99. The van der Waals surface area contributed by atoms with Gasteiger partial charge in [0, 0.05) is 18.9 Å². The first-order valence-electron chi connectivity index (χ1n) is 10.7. The van der Waals surface area contributed by atoms with Crippen molar-refractivity contribution in [2.45, 2.75) is 65.2 Å². The van der Waals surface area contributed by atoms with E-state index in [2.05, 4.69) is 90.1 Å². The highest BCUT2D eigenvalue weighted by Gasteiger charge is 2.15. The Morgan fingerprint density at radius 3 is 1.17 bits per heavy atom. The van der Waals surface area contributed by atoms with E-state index >= 15 is 0 Å².